The van der Waals surface area contributed by atoms with Crippen LogP contribution in [0.4, 0.5) is 5.69 Å². The Morgan fingerprint density at radius 1 is 1.09 bits per heavy atom. The maximum absolute atomic E-state index is 11.2. The lowest BCUT2D eigenvalue weighted by molar-refractivity contribution is -0.384. The highest BCUT2D eigenvalue weighted by Crippen LogP contribution is 2.43. The third kappa shape index (κ3) is 3.86. The predicted molar refractivity (Wildman–Crippen MR) is 125 cm³/mol. The first-order valence-electron chi connectivity index (χ1n) is 11.0. The SMILES string of the molecule is O=[N+]([O-])c1cccc(-c2ccc([C@H]3[C@H](c4ccccn4)NC(=S)N3C3CCCCC3)o2)c1. The number of benzene rings is 1. The third-order valence-corrected chi connectivity index (χ3v) is 6.69. The van der Waals surface area contributed by atoms with E-state index in [0.717, 1.165) is 29.4 Å². The van der Waals surface area contributed by atoms with Crippen molar-refractivity contribution in [1.29, 1.82) is 0 Å². The number of thiocarbonyl (C=S) groups is 1. The monoisotopic (exact) mass is 448 g/mol. The van der Waals surface area contributed by atoms with Gasteiger partial charge in [0.1, 0.15) is 17.6 Å². The Bertz CT molecular complexity index is 1130. The summed E-state index contributed by atoms with van der Waals surface area (Å²) >= 11 is 5.79. The van der Waals surface area contributed by atoms with E-state index in [2.05, 4.69) is 15.2 Å². The maximum Gasteiger partial charge on any atom is 0.270 e. The molecule has 0 bridgehead atoms. The molecule has 1 aromatic carbocycles. The highest BCUT2D eigenvalue weighted by atomic mass is 32.1. The first-order valence-corrected chi connectivity index (χ1v) is 11.4. The number of nitrogens with zero attached hydrogens (tertiary/aromatic N) is 3. The van der Waals surface area contributed by atoms with Crippen molar-refractivity contribution < 1.29 is 9.34 Å². The molecule has 0 unspecified atom stereocenters. The van der Waals surface area contributed by atoms with Crippen LogP contribution in [0.1, 0.15) is 55.6 Å². The molecule has 2 aliphatic rings. The van der Waals surface area contributed by atoms with E-state index < -0.39 is 4.92 Å². The minimum atomic E-state index is -0.394. The average molecular weight is 449 g/mol. The summed E-state index contributed by atoms with van der Waals surface area (Å²) in [6.45, 7) is 0. The van der Waals surface area contributed by atoms with E-state index in [0.29, 0.717) is 17.4 Å². The fourth-order valence-electron chi connectivity index (χ4n) is 4.86. The van der Waals surface area contributed by atoms with Crippen LogP contribution in [0, 0.1) is 10.1 Å². The van der Waals surface area contributed by atoms with Crippen LogP contribution in [-0.4, -0.2) is 26.0 Å². The van der Waals surface area contributed by atoms with E-state index in [1.807, 2.05) is 36.4 Å². The molecule has 32 heavy (non-hydrogen) atoms. The standard InChI is InChI=1S/C24H24N4O3S/c29-28(30)18-10-6-7-16(15-18)20-12-13-21(31-20)23-22(19-11-4-5-14-25-19)26-24(32)27(23)17-8-2-1-3-9-17/h4-7,10-15,17,22-23H,1-3,8-9H2,(H,26,32)/t22-,23-/m0/s1. The lowest BCUT2D eigenvalue weighted by atomic mass is 9.92. The summed E-state index contributed by atoms with van der Waals surface area (Å²) in [4.78, 5) is 17.7. The highest BCUT2D eigenvalue weighted by molar-refractivity contribution is 7.80. The first-order chi connectivity index (χ1) is 15.6. The normalized spacial score (nSPS) is 21.5. The Hall–Kier alpha value is -3.26. The molecule has 3 heterocycles. The number of rotatable bonds is 5. The molecular formula is C24H24N4O3S. The highest BCUT2D eigenvalue weighted by Gasteiger charge is 2.44. The van der Waals surface area contributed by atoms with Crippen LogP contribution in [0.15, 0.2) is 65.2 Å². The quantitative estimate of drug-likeness (QED) is 0.311. The number of non-ortho nitro benzene ring substituents is 1. The second kappa shape index (κ2) is 8.70. The largest absolute Gasteiger partial charge is 0.459 e. The molecule has 7 nitrogen and oxygen atoms in total. The van der Waals surface area contributed by atoms with Gasteiger partial charge >= 0.3 is 0 Å². The Kier molecular flexibility index (Phi) is 5.61. The second-order valence-electron chi connectivity index (χ2n) is 8.34. The zero-order chi connectivity index (χ0) is 22.1. The van der Waals surface area contributed by atoms with E-state index in [-0.39, 0.29) is 17.8 Å². The summed E-state index contributed by atoms with van der Waals surface area (Å²) in [6.07, 6.45) is 7.65. The van der Waals surface area contributed by atoms with Crippen LogP contribution in [0.25, 0.3) is 11.3 Å². The Labute approximate surface area is 191 Å². The molecule has 3 aromatic rings. The van der Waals surface area contributed by atoms with Gasteiger partial charge in [-0.15, -0.1) is 0 Å². The van der Waals surface area contributed by atoms with Crippen molar-refractivity contribution in [2.45, 2.75) is 50.2 Å². The molecule has 5 rings (SSSR count). The number of nitrogens with one attached hydrogen (secondary N) is 1. The predicted octanol–water partition coefficient (Wildman–Crippen LogP) is 5.56. The van der Waals surface area contributed by atoms with Crippen molar-refractivity contribution in [2.24, 2.45) is 0 Å². The van der Waals surface area contributed by atoms with Gasteiger partial charge in [-0.05, 0) is 49.3 Å². The van der Waals surface area contributed by atoms with Gasteiger partial charge in [-0.25, -0.2) is 0 Å². The zero-order valence-electron chi connectivity index (χ0n) is 17.5. The molecule has 2 fully saturated rings. The van der Waals surface area contributed by atoms with Gasteiger partial charge in [0, 0.05) is 29.9 Å². The molecule has 1 aliphatic carbocycles. The number of hydrogen-bond acceptors (Lipinski definition) is 5. The molecule has 0 spiro atoms. The lowest BCUT2D eigenvalue weighted by Crippen LogP contribution is -2.40. The Morgan fingerprint density at radius 2 is 1.94 bits per heavy atom. The summed E-state index contributed by atoms with van der Waals surface area (Å²) in [7, 11) is 0. The third-order valence-electron chi connectivity index (χ3n) is 6.36. The molecule has 164 valence electrons. The summed E-state index contributed by atoms with van der Waals surface area (Å²) < 4.78 is 6.32. The number of pyridine rings is 1. The minimum absolute atomic E-state index is 0.0411. The second-order valence-corrected chi connectivity index (χ2v) is 8.72. The molecule has 0 amide bonds. The number of nitro benzene ring substituents is 1. The van der Waals surface area contributed by atoms with Gasteiger partial charge in [0.25, 0.3) is 5.69 Å². The van der Waals surface area contributed by atoms with Crippen molar-refractivity contribution in [3.63, 3.8) is 0 Å². The van der Waals surface area contributed by atoms with Gasteiger partial charge in [0.05, 0.1) is 16.7 Å². The van der Waals surface area contributed by atoms with E-state index >= 15 is 0 Å². The molecule has 2 aromatic heterocycles. The molecule has 1 N–H and O–H groups in total. The smallest absolute Gasteiger partial charge is 0.270 e. The van der Waals surface area contributed by atoms with Crippen molar-refractivity contribution >= 4 is 23.0 Å². The van der Waals surface area contributed by atoms with Gasteiger partial charge in [-0.2, -0.15) is 0 Å². The summed E-state index contributed by atoms with van der Waals surface area (Å²) in [5.41, 5.74) is 1.63. The summed E-state index contributed by atoms with van der Waals surface area (Å²) in [5, 5.41) is 15.4. The Morgan fingerprint density at radius 3 is 2.69 bits per heavy atom. The van der Waals surface area contributed by atoms with E-state index in [4.69, 9.17) is 16.6 Å². The number of furan rings is 1. The van der Waals surface area contributed by atoms with E-state index in [1.54, 1.807) is 12.3 Å². The molecule has 0 radical (unpaired) electrons. The molecule has 1 saturated carbocycles. The van der Waals surface area contributed by atoms with Crippen molar-refractivity contribution in [2.75, 3.05) is 0 Å². The summed E-state index contributed by atoms with van der Waals surface area (Å²) in [6, 6.07) is 16.3. The van der Waals surface area contributed by atoms with E-state index in [9.17, 15) is 10.1 Å². The molecule has 1 aliphatic heterocycles. The number of nitro groups is 1. The van der Waals surface area contributed by atoms with Crippen molar-refractivity contribution in [1.82, 2.24) is 15.2 Å². The van der Waals surface area contributed by atoms with Crippen molar-refractivity contribution in [3.05, 3.63) is 82.4 Å². The maximum atomic E-state index is 11.2. The Balaban J connectivity index is 1.53. The minimum Gasteiger partial charge on any atom is -0.459 e. The van der Waals surface area contributed by atoms with Gasteiger partial charge < -0.3 is 14.6 Å². The molecule has 8 heteroatoms. The van der Waals surface area contributed by atoms with Crippen LogP contribution in [-0.2, 0) is 0 Å². The van der Waals surface area contributed by atoms with E-state index in [1.165, 1.54) is 31.4 Å². The van der Waals surface area contributed by atoms with Gasteiger partial charge in [-0.3, -0.25) is 15.1 Å². The lowest BCUT2D eigenvalue weighted by Gasteiger charge is -2.36. The topological polar surface area (TPSA) is 84.4 Å². The number of hydrogen-bond donors (Lipinski definition) is 1. The average Bonchev–Trinajstić information content (AvgIpc) is 3.45. The first kappa shape index (κ1) is 20.6. The van der Waals surface area contributed by atoms with Crippen LogP contribution >= 0.6 is 12.2 Å². The van der Waals surface area contributed by atoms with Gasteiger partial charge in [0.15, 0.2) is 5.11 Å². The number of aromatic nitrogens is 1. The van der Waals surface area contributed by atoms with Crippen LogP contribution < -0.4 is 5.32 Å². The van der Waals surface area contributed by atoms with Crippen molar-refractivity contribution in [3.8, 4) is 11.3 Å². The molecule has 2 atom stereocenters. The fourth-order valence-corrected chi connectivity index (χ4v) is 5.25. The fraction of sp³-hybridized carbons (Fsp3) is 0.333. The van der Waals surface area contributed by atoms with Gasteiger partial charge in [0.2, 0.25) is 0 Å². The van der Waals surface area contributed by atoms with Crippen LogP contribution in [0.2, 0.25) is 0 Å². The molecular weight excluding hydrogens is 424 g/mol. The van der Waals surface area contributed by atoms with Crippen LogP contribution in [0.3, 0.4) is 0 Å². The zero-order valence-corrected chi connectivity index (χ0v) is 18.3. The van der Waals surface area contributed by atoms with Gasteiger partial charge in [-0.1, -0.05) is 37.5 Å². The van der Waals surface area contributed by atoms with Crippen LogP contribution in [0.5, 0.6) is 0 Å². The molecule has 1 saturated heterocycles. The summed E-state index contributed by atoms with van der Waals surface area (Å²) in [5.74, 6) is 1.38.